The van der Waals surface area contributed by atoms with Crippen LogP contribution < -0.4 is 9.47 Å². The number of carboxylic acid groups (broad SMARTS) is 1. The molecule has 1 aromatic rings. The molecule has 2 aliphatic heterocycles. The summed E-state index contributed by atoms with van der Waals surface area (Å²) < 4.78 is 27.5. The maximum Gasteiger partial charge on any atom is 0.352 e. The fourth-order valence-electron chi connectivity index (χ4n) is 6.62. The van der Waals surface area contributed by atoms with E-state index in [0.717, 1.165) is 18.1 Å². The number of piperidine rings is 1. The molecule has 2 aliphatic carbocycles. The molecule has 0 saturated carbocycles. The molecule has 1 aromatic carbocycles. The van der Waals surface area contributed by atoms with Gasteiger partial charge in [0.05, 0.1) is 24.5 Å². The average molecular weight is 546 g/mol. The predicted molar refractivity (Wildman–Crippen MR) is 131 cm³/mol. The Balaban J connectivity index is 1.41. The molecule has 2 heterocycles. The summed E-state index contributed by atoms with van der Waals surface area (Å²) in [5.74, 6) is -3.16. The Labute approximate surface area is 224 Å². The number of hydrogen-bond acceptors (Lipinski definition) is 11. The molecule has 12 nitrogen and oxygen atoms in total. The van der Waals surface area contributed by atoms with E-state index in [4.69, 9.17) is 28.8 Å². The van der Waals surface area contributed by atoms with Crippen LogP contribution in [0.3, 0.4) is 0 Å². The van der Waals surface area contributed by atoms with E-state index in [1.54, 1.807) is 6.08 Å². The molecular formula is C27H31NO11. The first-order valence-electron chi connectivity index (χ1n) is 12.7. The van der Waals surface area contributed by atoms with Crippen molar-refractivity contribution in [1.82, 2.24) is 4.90 Å². The highest BCUT2D eigenvalue weighted by Crippen LogP contribution is 2.65. The van der Waals surface area contributed by atoms with Crippen molar-refractivity contribution < 1.29 is 53.1 Å². The second kappa shape index (κ2) is 9.53. The van der Waals surface area contributed by atoms with Crippen LogP contribution in [0.2, 0.25) is 0 Å². The van der Waals surface area contributed by atoms with Crippen LogP contribution in [0.4, 0.5) is 0 Å². The molecule has 0 aromatic heterocycles. The van der Waals surface area contributed by atoms with Crippen LogP contribution in [-0.2, 0) is 45.2 Å². The van der Waals surface area contributed by atoms with Crippen LogP contribution >= 0.6 is 0 Å². The van der Waals surface area contributed by atoms with Crippen molar-refractivity contribution in [3.63, 3.8) is 0 Å². The third-order valence-electron chi connectivity index (χ3n) is 8.33. The molecular weight excluding hydrogens is 514 g/mol. The third kappa shape index (κ3) is 4.04. The maximum absolute atomic E-state index is 13.0. The van der Waals surface area contributed by atoms with E-state index in [-0.39, 0.29) is 18.2 Å². The quantitative estimate of drug-likeness (QED) is 0.351. The van der Waals surface area contributed by atoms with Crippen molar-refractivity contribution in [2.75, 3.05) is 20.7 Å². The number of nitrogens with zero attached hydrogens (tertiary/aromatic N) is 1. The number of methoxy groups -OCH3 is 1. The molecule has 1 fully saturated rings. The second-order valence-electron chi connectivity index (χ2n) is 10.5. The molecule has 1 saturated heterocycles. The molecule has 6 atom stereocenters. The van der Waals surface area contributed by atoms with Crippen LogP contribution in [0.15, 0.2) is 24.0 Å². The number of aliphatic carboxylic acids is 1. The second-order valence-corrected chi connectivity index (χ2v) is 10.5. The van der Waals surface area contributed by atoms with E-state index >= 15 is 0 Å². The third-order valence-corrected chi connectivity index (χ3v) is 8.33. The van der Waals surface area contributed by atoms with E-state index in [9.17, 15) is 24.3 Å². The summed E-state index contributed by atoms with van der Waals surface area (Å²) in [6.07, 6.45) is -1.78. The fraction of sp³-hybridized carbons (Fsp3) is 0.556. The van der Waals surface area contributed by atoms with Gasteiger partial charge in [0.2, 0.25) is 6.10 Å². The zero-order valence-corrected chi connectivity index (χ0v) is 22.1. The molecule has 4 aliphatic rings. The zero-order valence-electron chi connectivity index (χ0n) is 22.1. The SMILES string of the molecule is COc1ccc2c3c1O[C@H]1C(OC(=O)[C@H](C)OC(=O)[C@H](CC(=O)O)OC(C)=O)=CC[C@@]4(O)[C@H](C2)N(C)CC[C@]314. The number of carbonyl (C=O) groups is 4. The standard InChI is InChI=1S/C27H31NO11/c1-13(36-25(33)18(12-20(30)31)37-14(2)29)24(32)38-17-7-8-27(34)19-11-15-5-6-16(35-4)22-21(15)26(27,23(17)39-22)9-10-28(19)3/h5-7,13,18-19,23,34H,8-12H2,1-4H3,(H,30,31)/t13-,18-,19-,23-,26-,27+/m0/s1. The number of likely N-dealkylation sites (tertiary alicyclic amines) is 1. The molecule has 39 heavy (non-hydrogen) atoms. The highest BCUT2D eigenvalue weighted by atomic mass is 16.6. The molecule has 2 N–H and O–H groups in total. The lowest BCUT2D eigenvalue weighted by Gasteiger charge is -2.61. The minimum absolute atomic E-state index is 0.176. The largest absolute Gasteiger partial charge is 0.493 e. The Hall–Kier alpha value is -3.64. The first kappa shape index (κ1) is 26.9. The number of esters is 3. The summed E-state index contributed by atoms with van der Waals surface area (Å²) in [5.41, 5.74) is -0.150. The Bertz CT molecular complexity index is 1260. The van der Waals surface area contributed by atoms with Gasteiger partial charge in [-0.25, -0.2) is 9.59 Å². The lowest BCUT2D eigenvalue weighted by molar-refractivity contribution is -0.181. The molecule has 12 heteroatoms. The van der Waals surface area contributed by atoms with E-state index in [0.29, 0.717) is 30.9 Å². The lowest BCUT2D eigenvalue weighted by Crippen LogP contribution is -2.74. The number of aliphatic hydroxyl groups is 1. The van der Waals surface area contributed by atoms with E-state index in [2.05, 4.69) is 4.90 Å². The fourth-order valence-corrected chi connectivity index (χ4v) is 6.62. The summed E-state index contributed by atoms with van der Waals surface area (Å²) in [4.78, 5) is 50.0. The van der Waals surface area contributed by atoms with Gasteiger partial charge in [-0.15, -0.1) is 0 Å². The number of hydrogen-bond donors (Lipinski definition) is 2. The Kier molecular flexibility index (Phi) is 6.58. The van der Waals surface area contributed by atoms with Crippen LogP contribution in [0, 0.1) is 0 Å². The van der Waals surface area contributed by atoms with Crippen molar-refractivity contribution in [3.05, 3.63) is 35.1 Å². The summed E-state index contributed by atoms with van der Waals surface area (Å²) >= 11 is 0. The van der Waals surface area contributed by atoms with Gasteiger partial charge < -0.3 is 38.8 Å². The van der Waals surface area contributed by atoms with Crippen LogP contribution in [0.25, 0.3) is 0 Å². The zero-order chi connectivity index (χ0) is 28.3. The summed E-state index contributed by atoms with van der Waals surface area (Å²) in [7, 11) is 3.52. The summed E-state index contributed by atoms with van der Waals surface area (Å²) in [5, 5.41) is 21.2. The Morgan fingerprint density at radius 1 is 1.21 bits per heavy atom. The lowest BCUT2D eigenvalue weighted by atomic mass is 9.50. The first-order valence-corrected chi connectivity index (χ1v) is 12.7. The maximum atomic E-state index is 13.0. The Morgan fingerprint density at radius 3 is 2.62 bits per heavy atom. The number of rotatable bonds is 8. The normalized spacial score (nSPS) is 29.6. The van der Waals surface area contributed by atoms with Gasteiger partial charge in [-0.05, 0) is 51.1 Å². The molecule has 210 valence electrons. The van der Waals surface area contributed by atoms with Gasteiger partial charge in [0.25, 0.3) is 0 Å². The van der Waals surface area contributed by atoms with Crippen LogP contribution in [-0.4, -0.2) is 89.6 Å². The molecule has 0 amide bonds. The average Bonchev–Trinajstić information content (AvgIpc) is 3.22. The number of benzene rings is 1. The van der Waals surface area contributed by atoms with Gasteiger partial charge in [0, 0.05) is 24.9 Å². The Morgan fingerprint density at radius 2 is 1.95 bits per heavy atom. The number of carboxylic acids is 1. The topological polar surface area (TPSA) is 158 Å². The number of carbonyl (C=O) groups excluding carboxylic acids is 3. The van der Waals surface area contributed by atoms with E-state index in [1.807, 2.05) is 19.2 Å². The molecule has 5 rings (SSSR count). The van der Waals surface area contributed by atoms with Crippen LogP contribution in [0.1, 0.15) is 44.2 Å². The smallest absolute Gasteiger partial charge is 0.352 e. The van der Waals surface area contributed by atoms with Gasteiger partial charge in [-0.3, -0.25) is 9.59 Å². The van der Waals surface area contributed by atoms with Crippen molar-refractivity contribution in [2.24, 2.45) is 0 Å². The number of ether oxygens (including phenoxy) is 5. The van der Waals surface area contributed by atoms with Crippen molar-refractivity contribution in [2.45, 2.75) is 74.9 Å². The highest BCUT2D eigenvalue weighted by Gasteiger charge is 2.72. The van der Waals surface area contributed by atoms with Crippen molar-refractivity contribution in [3.8, 4) is 11.5 Å². The molecule has 0 unspecified atom stereocenters. The minimum Gasteiger partial charge on any atom is -0.493 e. The molecule has 0 radical (unpaired) electrons. The van der Waals surface area contributed by atoms with Gasteiger partial charge in [-0.1, -0.05) is 6.07 Å². The van der Waals surface area contributed by atoms with Crippen molar-refractivity contribution >= 4 is 23.9 Å². The number of likely N-dealkylation sites (N-methyl/N-ethyl adjacent to an activating group) is 1. The predicted octanol–water partition coefficient (Wildman–Crippen LogP) is 0.854. The highest BCUT2D eigenvalue weighted by molar-refractivity contribution is 5.86. The van der Waals surface area contributed by atoms with E-state index in [1.165, 1.54) is 14.0 Å². The van der Waals surface area contributed by atoms with Gasteiger partial charge in [0.15, 0.2) is 23.7 Å². The summed E-state index contributed by atoms with van der Waals surface area (Å²) in [6.45, 7) is 2.98. The first-order chi connectivity index (χ1) is 18.4. The monoisotopic (exact) mass is 545 g/mol. The molecule has 2 bridgehead atoms. The molecule has 1 spiro atoms. The van der Waals surface area contributed by atoms with Gasteiger partial charge >= 0.3 is 23.9 Å². The van der Waals surface area contributed by atoms with Gasteiger partial charge in [-0.2, -0.15) is 0 Å². The van der Waals surface area contributed by atoms with Crippen molar-refractivity contribution in [1.29, 1.82) is 0 Å². The van der Waals surface area contributed by atoms with Crippen LogP contribution in [0.5, 0.6) is 11.5 Å². The summed E-state index contributed by atoms with van der Waals surface area (Å²) in [6, 6.07) is 3.64. The van der Waals surface area contributed by atoms with E-state index < -0.39 is 59.6 Å². The van der Waals surface area contributed by atoms with Gasteiger partial charge in [0.1, 0.15) is 5.76 Å². The minimum atomic E-state index is -1.71.